The van der Waals surface area contributed by atoms with Gasteiger partial charge in [-0.2, -0.15) is 0 Å². The lowest BCUT2D eigenvalue weighted by atomic mass is 10.1. The molecule has 0 saturated carbocycles. The summed E-state index contributed by atoms with van der Waals surface area (Å²) in [6, 6.07) is 16.8. The minimum atomic E-state index is -0.179. The second-order valence-corrected chi connectivity index (χ2v) is 7.97. The molecule has 2 saturated heterocycles. The molecule has 0 radical (unpaired) electrons. The van der Waals surface area contributed by atoms with E-state index in [1.54, 1.807) is 0 Å². The summed E-state index contributed by atoms with van der Waals surface area (Å²) in [6.07, 6.45) is 1.77. The lowest BCUT2D eigenvalue weighted by Gasteiger charge is -2.24. The molecule has 2 aromatic rings. The molecule has 5 heteroatoms. The van der Waals surface area contributed by atoms with Gasteiger partial charge in [0.2, 0.25) is 5.91 Å². The molecule has 0 spiro atoms. The topological polar surface area (TPSA) is 26.8 Å². The second-order valence-electron chi connectivity index (χ2n) is 7.97. The number of hydrogen-bond acceptors (Lipinski definition) is 3. The fourth-order valence-corrected chi connectivity index (χ4v) is 4.34. The number of para-hydroxylation sites is 1. The minimum Gasteiger partial charge on any atom is -0.312 e. The van der Waals surface area contributed by atoms with Crippen LogP contribution in [-0.4, -0.2) is 55.0 Å². The summed E-state index contributed by atoms with van der Waals surface area (Å²) < 4.78 is 13.1. The van der Waals surface area contributed by atoms with Gasteiger partial charge in [-0.1, -0.05) is 30.3 Å². The lowest BCUT2D eigenvalue weighted by molar-refractivity contribution is -0.117. The Morgan fingerprint density at radius 2 is 1.61 bits per heavy atom. The van der Waals surface area contributed by atoms with Crippen molar-refractivity contribution in [1.82, 2.24) is 9.80 Å². The Kier molecular flexibility index (Phi) is 6.03. The first-order chi connectivity index (χ1) is 13.7. The van der Waals surface area contributed by atoms with Crippen molar-refractivity contribution in [3.8, 4) is 0 Å². The van der Waals surface area contributed by atoms with Crippen LogP contribution in [0.15, 0.2) is 54.6 Å². The van der Waals surface area contributed by atoms with Gasteiger partial charge in [-0.05, 0) is 55.3 Å². The smallest absolute Gasteiger partial charge is 0.227 e. The van der Waals surface area contributed by atoms with Gasteiger partial charge in [0.25, 0.3) is 0 Å². The number of rotatable bonds is 5. The first-order valence-electron chi connectivity index (χ1n) is 10.2. The highest BCUT2D eigenvalue weighted by Gasteiger charge is 2.32. The highest BCUT2D eigenvalue weighted by Crippen LogP contribution is 2.25. The van der Waals surface area contributed by atoms with E-state index in [1.807, 2.05) is 47.4 Å². The molecule has 0 bridgehead atoms. The highest BCUT2D eigenvalue weighted by atomic mass is 19.1. The van der Waals surface area contributed by atoms with Gasteiger partial charge in [0.05, 0.1) is 0 Å². The van der Waals surface area contributed by atoms with Crippen LogP contribution >= 0.6 is 0 Å². The normalized spacial score (nSPS) is 21.8. The Balaban J connectivity index is 1.28. The Hall–Kier alpha value is -2.24. The monoisotopic (exact) mass is 381 g/mol. The maximum atomic E-state index is 13.1. The van der Waals surface area contributed by atoms with Crippen molar-refractivity contribution in [2.45, 2.75) is 19.4 Å². The fourth-order valence-electron chi connectivity index (χ4n) is 4.34. The van der Waals surface area contributed by atoms with E-state index in [0.29, 0.717) is 12.3 Å². The molecule has 2 heterocycles. The van der Waals surface area contributed by atoms with Crippen LogP contribution in [0, 0.1) is 11.7 Å². The molecular formula is C23H28FN3O. The van der Waals surface area contributed by atoms with Crippen LogP contribution in [0.1, 0.15) is 18.4 Å². The number of carbonyl (C=O) groups is 1. The highest BCUT2D eigenvalue weighted by molar-refractivity contribution is 5.95. The van der Waals surface area contributed by atoms with Gasteiger partial charge in [0, 0.05) is 44.8 Å². The average molecular weight is 381 g/mol. The maximum Gasteiger partial charge on any atom is 0.227 e. The van der Waals surface area contributed by atoms with Crippen molar-refractivity contribution in [3.63, 3.8) is 0 Å². The third kappa shape index (κ3) is 4.78. The maximum absolute atomic E-state index is 13.1. The molecule has 2 aliphatic heterocycles. The van der Waals surface area contributed by atoms with Crippen molar-refractivity contribution >= 4 is 11.6 Å². The van der Waals surface area contributed by atoms with E-state index in [0.717, 1.165) is 63.5 Å². The molecule has 1 atom stereocenters. The molecule has 0 N–H and O–H groups in total. The number of nitrogens with zero attached hydrogens (tertiary/aromatic N) is 3. The molecule has 4 nitrogen and oxygen atoms in total. The molecule has 148 valence electrons. The molecular weight excluding hydrogens is 353 g/mol. The zero-order chi connectivity index (χ0) is 19.3. The predicted molar refractivity (Wildman–Crippen MR) is 110 cm³/mol. The third-order valence-electron chi connectivity index (χ3n) is 5.79. The van der Waals surface area contributed by atoms with Crippen LogP contribution in [0.5, 0.6) is 0 Å². The van der Waals surface area contributed by atoms with Gasteiger partial charge in [-0.3, -0.25) is 9.69 Å². The molecule has 4 rings (SSSR count). The molecule has 1 amide bonds. The summed E-state index contributed by atoms with van der Waals surface area (Å²) >= 11 is 0. The van der Waals surface area contributed by atoms with E-state index < -0.39 is 0 Å². The lowest BCUT2D eigenvalue weighted by Crippen LogP contribution is -2.34. The van der Waals surface area contributed by atoms with Crippen molar-refractivity contribution in [3.05, 3.63) is 66.0 Å². The van der Waals surface area contributed by atoms with E-state index in [-0.39, 0.29) is 11.7 Å². The van der Waals surface area contributed by atoms with Crippen molar-refractivity contribution in [2.75, 3.05) is 44.2 Å². The van der Waals surface area contributed by atoms with Crippen molar-refractivity contribution in [2.24, 2.45) is 5.92 Å². The van der Waals surface area contributed by atoms with Crippen molar-refractivity contribution < 1.29 is 9.18 Å². The van der Waals surface area contributed by atoms with E-state index in [9.17, 15) is 9.18 Å². The number of halogens is 1. The van der Waals surface area contributed by atoms with E-state index >= 15 is 0 Å². The first-order valence-corrected chi connectivity index (χ1v) is 10.2. The standard InChI is InChI=1S/C23H28FN3O/c24-21-9-7-19(8-10-21)16-25-11-4-12-26(14-13-25)17-20-15-23(28)27(18-20)22-5-2-1-3-6-22/h1-3,5-10,20H,4,11-18H2/t20-/m0/s1. The van der Waals surface area contributed by atoms with E-state index in [4.69, 9.17) is 0 Å². The van der Waals surface area contributed by atoms with Crippen LogP contribution in [-0.2, 0) is 11.3 Å². The molecule has 0 aliphatic carbocycles. The third-order valence-corrected chi connectivity index (χ3v) is 5.79. The number of anilines is 1. The summed E-state index contributed by atoms with van der Waals surface area (Å²) in [5.74, 6) is 0.460. The van der Waals surface area contributed by atoms with Crippen molar-refractivity contribution in [1.29, 1.82) is 0 Å². The summed E-state index contributed by atoms with van der Waals surface area (Å²) in [7, 11) is 0. The Morgan fingerprint density at radius 1 is 0.893 bits per heavy atom. The Bertz CT molecular complexity index is 780. The van der Waals surface area contributed by atoms with Crippen LogP contribution < -0.4 is 4.90 Å². The zero-order valence-corrected chi connectivity index (χ0v) is 16.3. The Labute approximate surface area is 166 Å². The summed E-state index contributed by atoms with van der Waals surface area (Å²) in [5.41, 5.74) is 2.17. The van der Waals surface area contributed by atoms with Crippen LogP contribution in [0.25, 0.3) is 0 Å². The minimum absolute atomic E-state index is 0.179. The van der Waals surface area contributed by atoms with Gasteiger partial charge in [-0.15, -0.1) is 0 Å². The Morgan fingerprint density at radius 3 is 2.39 bits per heavy atom. The number of carbonyl (C=O) groups excluding carboxylic acids is 1. The number of benzene rings is 2. The van der Waals surface area contributed by atoms with Gasteiger partial charge in [0.1, 0.15) is 5.82 Å². The summed E-state index contributed by atoms with van der Waals surface area (Å²) in [4.78, 5) is 19.3. The van der Waals surface area contributed by atoms with Gasteiger partial charge in [0.15, 0.2) is 0 Å². The van der Waals surface area contributed by atoms with E-state index in [2.05, 4.69) is 9.80 Å². The predicted octanol–water partition coefficient (Wildman–Crippen LogP) is 3.39. The summed E-state index contributed by atoms with van der Waals surface area (Å²) in [5, 5.41) is 0. The first kappa shape index (κ1) is 19.1. The van der Waals surface area contributed by atoms with Crippen LogP contribution in [0.4, 0.5) is 10.1 Å². The number of hydrogen-bond donors (Lipinski definition) is 0. The summed E-state index contributed by atoms with van der Waals surface area (Å²) in [6.45, 7) is 6.86. The molecule has 2 fully saturated rings. The SMILES string of the molecule is O=C1C[C@@H](CN2CCCN(Cc3ccc(F)cc3)CC2)CN1c1ccccc1. The van der Waals surface area contributed by atoms with Crippen LogP contribution in [0.3, 0.4) is 0 Å². The van der Waals surface area contributed by atoms with Gasteiger partial charge >= 0.3 is 0 Å². The molecule has 0 aromatic heterocycles. The molecule has 0 unspecified atom stereocenters. The fraction of sp³-hybridized carbons (Fsp3) is 0.435. The zero-order valence-electron chi connectivity index (χ0n) is 16.3. The van der Waals surface area contributed by atoms with E-state index in [1.165, 1.54) is 12.1 Å². The molecule has 2 aromatic carbocycles. The quantitative estimate of drug-likeness (QED) is 0.794. The van der Waals surface area contributed by atoms with Gasteiger partial charge < -0.3 is 9.80 Å². The number of amides is 1. The average Bonchev–Trinajstić information content (AvgIpc) is 2.93. The largest absolute Gasteiger partial charge is 0.312 e. The molecule has 28 heavy (non-hydrogen) atoms. The van der Waals surface area contributed by atoms with Crippen LogP contribution in [0.2, 0.25) is 0 Å². The molecule has 2 aliphatic rings. The van der Waals surface area contributed by atoms with Gasteiger partial charge in [-0.25, -0.2) is 4.39 Å². The second kappa shape index (κ2) is 8.84.